The predicted molar refractivity (Wildman–Crippen MR) is 98.2 cm³/mol. The Labute approximate surface area is 149 Å². The molecule has 0 aliphatic carbocycles. The molecule has 0 N–H and O–H groups in total. The molecule has 0 spiro atoms. The van der Waals surface area contributed by atoms with E-state index in [1.807, 2.05) is 36.9 Å². The van der Waals surface area contributed by atoms with Gasteiger partial charge in [0, 0.05) is 44.7 Å². The van der Waals surface area contributed by atoms with Gasteiger partial charge in [0.15, 0.2) is 0 Å². The largest absolute Gasteiger partial charge is 0.441 e. The highest BCUT2D eigenvalue weighted by atomic mass is 16.4. The van der Waals surface area contributed by atoms with Crippen LogP contribution >= 0.6 is 0 Å². The Morgan fingerprint density at radius 3 is 2.80 bits per heavy atom. The number of hydrogen-bond donors (Lipinski definition) is 0. The number of likely N-dealkylation sites (N-methyl/N-ethyl adjacent to an activating group) is 1. The molecule has 1 atom stereocenters. The van der Waals surface area contributed by atoms with Gasteiger partial charge in [0.25, 0.3) is 0 Å². The Morgan fingerprint density at radius 1 is 1.36 bits per heavy atom. The van der Waals surface area contributed by atoms with E-state index in [-0.39, 0.29) is 5.91 Å². The molecule has 0 saturated carbocycles. The quantitative estimate of drug-likeness (QED) is 0.836. The molecule has 1 fully saturated rings. The third kappa shape index (κ3) is 3.76. The summed E-state index contributed by atoms with van der Waals surface area (Å²) in [6.07, 6.45) is 1.02. The van der Waals surface area contributed by atoms with Crippen LogP contribution in [0.4, 0.5) is 0 Å². The lowest BCUT2D eigenvalue weighted by Crippen LogP contribution is -2.40. The van der Waals surface area contributed by atoms with Gasteiger partial charge in [0.1, 0.15) is 5.76 Å². The lowest BCUT2D eigenvalue weighted by Gasteiger charge is -2.26. The average Bonchev–Trinajstić information content (AvgIpc) is 3.16. The zero-order valence-corrected chi connectivity index (χ0v) is 15.6. The molecule has 134 valence electrons. The number of aryl methyl sites for hydroxylation is 2. The van der Waals surface area contributed by atoms with E-state index in [0.29, 0.717) is 11.9 Å². The fourth-order valence-corrected chi connectivity index (χ4v) is 3.66. The van der Waals surface area contributed by atoms with E-state index in [1.54, 1.807) is 6.92 Å². The average molecular weight is 341 g/mol. The van der Waals surface area contributed by atoms with Crippen molar-refractivity contribution >= 4 is 5.91 Å². The minimum absolute atomic E-state index is 0.161. The molecule has 1 amide bonds. The van der Waals surface area contributed by atoms with Gasteiger partial charge in [-0.05, 0) is 38.8 Å². The highest BCUT2D eigenvalue weighted by molar-refractivity contribution is 5.73. The molecule has 1 saturated heterocycles. The molecule has 5 heteroatoms. The summed E-state index contributed by atoms with van der Waals surface area (Å²) in [5.74, 6) is 1.73. The maximum atomic E-state index is 11.8. The fraction of sp³-hybridized carbons (Fsp3) is 0.500. The second-order valence-corrected chi connectivity index (χ2v) is 6.82. The predicted octanol–water partition coefficient (Wildman–Crippen LogP) is 3.40. The second-order valence-electron chi connectivity index (χ2n) is 6.82. The first-order valence-corrected chi connectivity index (χ1v) is 9.01. The number of carbonyl (C=O) groups is 1. The molecule has 1 aromatic heterocycles. The summed E-state index contributed by atoms with van der Waals surface area (Å²) in [7, 11) is 0. The molecule has 2 aromatic rings. The normalized spacial score (nSPS) is 17.8. The van der Waals surface area contributed by atoms with Gasteiger partial charge in [-0.2, -0.15) is 0 Å². The van der Waals surface area contributed by atoms with E-state index in [4.69, 9.17) is 9.40 Å². The van der Waals surface area contributed by atoms with Gasteiger partial charge < -0.3 is 9.32 Å². The van der Waals surface area contributed by atoms with E-state index < -0.39 is 0 Å². The van der Waals surface area contributed by atoms with Crippen molar-refractivity contribution in [3.63, 3.8) is 0 Å². The number of hydrogen-bond acceptors (Lipinski definition) is 4. The smallest absolute Gasteiger partial charge is 0.226 e. The van der Waals surface area contributed by atoms with Gasteiger partial charge in [-0.25, -0.2) is 4.98 Å². The SMILES string of the molecule is CCN(C(C)=O)[C@H]1CCN(Cc2nc(-c3ccccc3C)oc2C)C1. The van der Waals surface area contributed by atoms with Crippen LogP contribution in [0.1, 0.15) is 37.3 Å². The Morgan fingerprint density at radius 2 is 2.12 bits per heavy atom. The second kappa shape index (κ2) is 7.40. The van der Waals surface area contributed by atoms with Crippen LogP contribution in [0.15, 0.2) is 28.7 Å². The van der Waals surface area contributed by atoms with Crippen LogP contribution in [0.3, 0.4) is 0 Å². The first-order chi connectivity index (χ1) is 12.0. The molecule has 0 unspecified atom stereocenters. The molecule has 5 nitrogen and oxygen atoms in total. The number of nitrogens with zero attached hydrogens (tertiary/aromatic N) is 3. The maximum Gasteiger partial charge on any atom is 0.226 e. The zero-order chi connectivity index (χ0) is 18.0. The van der Waals surface area contributed by atoms with Gasteiger partial charge >= 0.3 is 0 Å². The van der Waals surface area contributed by atoms with Crippen molar-refractivity contribution in [1.82, 2.24) is 14.8 Å². The summed E-state index contributed by atoms with van der Waals surface area (Å²) in [6, 6.07) is 8.45. The monoisotopic (exact) mass is 341 g/mol. The van der Waals surface area contributed by atoms with Crippen molar-refractivity contribution in [3.05, 3.63) is 41.3 Å². The van der Waals surface area contributed by atoms with E-state index >= 15 is 0 Å². The van der Waals surface area contributed by atoms with Crippen LogP contribution in [-0.4, -0.2) is 46.4 Å². The van der Waals surface area contributed by atoms with Crippen molar-refractivity contribution in [2.75, 3.05) is 19.6 Å². The van der Waals surface area contributed by atoms with Crippen LogP contribution in [-0.2, 0) is 11.3 Å². The Balaban J connectivity index is 1.70. The molecule has 1 aliphatic rings. The third-order valence-electron chi connectivity index (χ3n) is 5.07. The molecule has 0 bridgehead atoms. The molecule has 2 heterocycles. The topological polar surface area (TPSA) is 49.6 Å². The third-order valence-corrected chi connectivity index (χ3v) is 5.07. The molecule has 1 aromatic carbocycles. The summed E-state index contributed by atoms with van der Waals surface area (Å²) in [5, 5.41) is 0. The van der Waals surface area contributed by atoms with Crippen LogP contribution in [0, 0.1) is 13.8 Å². The number of aromatic nitrogens is 1. The number of benzene rings is 1. The van der Waals surface area contributed by atoms with Crippen molar-refractivity contribution in [3.8, 4) is 11.5 Å². The van der Waals surface area contributed by atoms with E-state index in [0.717, 1.165) is 55.2 Å². The maximum absolute atomic E-state index is 11.8. The first-order valence-electron chi connectivity index (χ1n) is 9.01. The number of amides is 1. The van der Waals surface area contributed by atoms with Crippen molar-refractivity contribution < 1.29 is 9.21 Å². The van der Waals surface area contributed by atoms with Gasteiger partial charge in [-0.15, -0.1) is 0 Å². The van der Waals surface area contributed by atoms with Gasteiger partial charge in [-0.3, -0.25) is 9.69 Å². The van der Waals surface area contributed by atoms with Crippen molar-refractivity contribution in [2.45, 2.75) is 46.7 Å². The number of carbonyl (C=O) groups excluding carboxylic acids is 1. The number of likely N-dealkylation sites (tertiary alicyclic amines) is 1. The summed E-state index contributed by atoms with van der Waals surface area (Å²) < 4.78 is 5.92. The molecule has 1 aliphatic heterocycles. The number of oxazole rings is 1. The van der Waals surface area contributed by atoms with Gasteiger partial charge in [0.05, 0.1) is 5.69 Å². The number of rotatable bonds is 5. The minimum atomic E-state index is 0.161. The summed E-state index contributed by atoms with van der Waals surface area (Å²) >= 11 is 0. The first kappa shape index (κ1) is 17.7. The molecular weight excluding hydrogens is 314 g/mol. The van der Waals surface area contributed by atoms with Gasteiger partial charge in [0.2, 0.25) is 11.8 Å². The lowest BCUT2D eigenvalue weighted by atomic mass is 10.1. The fourth-order valence-electron chi connectivity index (χ4n) is 3.66. The summed E-state index contributed by atoms with van der Waals surface area (Å²) in [5.41, 5.74) is 3.20. The zero-order valence-electron chi connectivity index (χ0n) is 15.6. The standard InChI is InChI=1S/C20H27N3O2/c1-5-23(16(4)24)17-10-11-22(12-17)13-19-15(3)25-20(21-19)18-9-7-6-8-14(18)2/h6-9,17H,5,10-13H2,1-4H3/t17-/m0/s1. The van der Waals surface area contributed by atoms with Crippen molar-refractivity contribution in [1.29, 1.82) is 0 Å². The molecule has 25 heavy (non-hydrogen) atoms. The van der Waals surface area contributed by atoms with Crippen LogP contribution in [0.5, 0.6) is 0 Å². The summed E-state index contributed by atoms with van der Waals surface area (Å²) in [4.78, 5) is 20.8. The van der Waals surface area contributed by atoms with Crippen LogP contribution in [0.25, 0.3) is 11.5 Å². The summed E-state index contributed by atoms with van der Waals surface area (Å²) in [6.45, 7) is 11.2. The highest BCUT2D eigenvalue weighted by Gasteiger charge is 2.29. The van der Waals surface area contributed by atoms with Gasteiger partial charge in [-0.1, -0.05) is 18.2 Å². The van der Waals surface area contributed by atoms with Crippen LogP contribution < -0.4 is 0 Å². The molecule has 0 radical (unpaired) electrons. The van der Waals surface area contributed by atoms with Crippen molar-refractivity contribution in [2.24, 2.45) is 0 Å². The molecule has 3 rings (SSSR count). The van der Waals surface area contributed by atoms with E-state index in [1.165, 1.54) is 0 Å². The highest BCUT2D eigenvalue weighted by Crippen LogP contribution is 2.26. The Bertz CT molecular complexity index is 753. The Kier molecular flexibility index (Phi) is 5.23. The molecular formula is C20H27N3O2. The Hall–Kier alpha value is -2.14. The lowest BCUT2D eigenvalue weighted by molar-refractivity contribution is -0.130. The van der Waals surface area contributed by atoms with E-state index in [2.05, 4.69) is 17.9 Å². The van der Waals surface area contributed by atoms with Crippen LogP contribution in [0.2, 0.25) is 0 Å². The van der Waals surface area contributed by atoms with E-state index in [9.17, 15) is 4.79 Å². The minimum Gasteiger partial charge on any atom is -0.441 e.